The Hall–Kier alpha value is -1.06. The first kappa shape index (κ1) is 15.0. The molecule has 0 radical (unpaired) electrons. The molecule has 0 aromatic heterocycles. The highest BCUT2D eigenvalue weighted by Crippen LogP contribution is 2.20. The molecule has 0 aliphatic carbocycles. The minimum atomic E-state index is -0.144. The predicted molar refractivity (Wildman–Crippen MR) is 77.2 cm³/mol. The third-order valence-corrected chi connectivity index (χ3v) is 2.90. The van der Waals surface area contributed by atoms with Crippen LogP contribution in [0, 0.1) is 0 Å². The molecule has 18 heavy (non-hydrogen) atoms. The molecule has 3 N–H and O–H groups in total. The number of methoxy groups -OCH3 is 1. The Morgan fingerprint density at radius 2 is 2.06 bits per heavy atom. The number of nitrogens with two attached hydrogens (primary N) is 1. The minimum Gasteiger partial charge on any atom is -0.496 e. The van der Waals surface area contributed by atoms with Crippen molar-refractivity contribution in [3.05, 3.63) is 29.3 Å². The Kier molecular flexibility index (Phi) is 5.63. The molecule has 0 unspecified atom stereocenters. The van der Waals surface area contributed by atoms with Crippen LogP contribution in [-0.4, -0.2) is 25.7 Å². The molecule has 3 nitrogen and oxygen atoms in total. The maximum Gasteiger partial charge on any atom is 0.122 e. The highest BCUT2D eigenvalue weighted by molar-refractivity contribution is 5.37. The lowest BCUT2D eigenvalue weighted by Crippen LogP contribution is -2.43. The molecule has 0 aliphatic rings. The summed E-state index contributed by atoms with van der Waals surface area (Å²) in [4.78, 5) is 0. The fourth-order valence-electron chi connectivity index (χ4n) is 1.91. The molecule has 102 valence electrons. The van der Waals surface area contributed by atoms with E-state index in [1.807, 2.05) is 13.8 Å². The summed E-state index contributed by atoms with van der Waals surface area (Å²) in [7, 11) is 1.72. The van der Waals surface area contributed by atoms with Crippen molar-refractivity contribution in [3.8, 4) is 5.75 Å². The molecule has 0 atom stereocenters. The average molecular weight is 250 g/mol. The first-order valence-corrected chi connectivity index (χ1v) is 6.61. The van der Waals surface area contributed by atoms with Gasteiger partial charge in [-0.1, -0.05) is 19.1 Å². The van der Waals surface area contributed by atoms with Gasteiger partial charge in [-0.3, -0.25) is 0 Å². The van der Waals surface area contributed by atoms with E-state index in [1.165, 1.54) is 11.1 Å². The standard InChI is InChI=1S/C15H26N2O/c1-5-13-10-12(6-7-14(13)18-4)8-9-17-11-15(2,3)16/h6-7,10,17H,5,8-9,11,16H2,1-4H3. The SMILES string of the molecule is CCc1cc(CCNCC(C)(C)N)ccc1OC. The quantitative estimate of drug-likeness (QED) is 0.729. The van der Waals surface area contributed by atoms with Crippen LogP contribution in [0.25, 0.3) is 0 Å². The van der Waals surface area contributed by atoms with Gasteiger partial charge >= 0.3 is 0 Å². The maximum absolute atomic E-state index is 5.92. The molecule has 1 rings (SSSR count). The molecule has 3 heteroatoms. The van der Waals surface area contributed by atoms with E-state index in [1.54, 1.807) is 7.11 Å². The Morgan fingerprint density at radius 1 is 1.33 bits per heavy atom. The second kappa shape index (κ2) is 6.76. The van der Waals surface area contributed by atoms with Gasteiger partial charge in [0.05, 0.1) is 7.11 Å². The van der Waals surface area contributed by atoms with E-state index in [0.29, 0.717) is 0 Å². The molecule has 0 spiro atoms. The number of rotatable bonds is 7. The van der Waals surface area contributed by atoms with E-state index in [-0.39, 0.29) is 5.54 Å². The van der Waals surface area contributed by atoms with E-state index >= 15 is 0 Å². The zero-order valence-corrected chi connectivity index (χ0v) is 12.0. The maximum atomic E-state index is 5.92. The van der Waals surface area contributed by atoms with Gasteiger partial charge in [0.1, 0.15) is 5.75 Å². The van der Waals surface area contributed by atoms with Gasteiger partial charge in [-0.15, -0.1) is 0 Å². The molecule has 0 fully saturated rings. The molecule has 0 heterocycles. The van der Waals surface area contributed by atoms with Crippen LogP contribution in [0.15, 0.2) is 18.2 Å². The van der Waals surface area contributed by atoms with E-state index in [9.17, 15) is 0 Å². The van der Waals surface area contributed by atoms with Gasteiger partial charge < -0.3 is 15.8 Å². The van der Waals surface area contributed by atoms with Gasteiger partial charge in [0.2, 0.25) is 0 Å². The summed E-state index contributed by atoms with van der Waals surface area (Å²) in [5.41, 5.74) is 8.39. The highest BCUT2D eigenvalue weighted by atomic mass is 16.5. The number of benzene rings is 1. The van der Waals surface area contributed by atoms with Crippen LogP contribution in [0.5, 0.6) is 5.75 Å². The fourth-order valence-corrected chi connectivity index (χ4v) is 1.91. The third-order valence-electron chi connectivity index (χ3n) is 2.90. The van der Waals surface area contributed by atoms with Crippen LogP contribution in [0.2, 0.25) is 0 Å². The zero-order chi connectivity index (χ0) is 13.6. The van der Waals surface area contributed by atoms with Crippen molar-refractivity contribution in [1.29, 1.82) is 0 Å². The second-order valence-electron chi connectivity index (χ2n) is 5.42. The molecule has 0 saturated carbocycles. The van der Waals surface area contributed by atoms with Crippen molar-refractivity contribution >= 4 is 0 Å². The Labute approximate surface area is 111 Å². The Bertz CT molecular complexity index is 369. The summed E-state index contributed by atoms with van der Waals surface area (Å²) in [6.45, 7) is 8.00. The molecule has 0 bridgehead atoms. The number of hydrogen-bond donors (Lipinski definition) is 2. The number of aryl methyl sites for hydroxylation is 1. The number of ether oxygens (including phenoxy) is 1. The van der Waals surface area contributed by atoms with E-state index in [0.717, 1.165) is 31.7 Å². The number of hydrogen-bond acceptors (Lipinski definition) is 3. The fraction of sp³-hybridized carbons (Fsp3) is 0.600. The summed E-state index contributed by atoms with van der Waals surface area (Å²) < 4.78 is 5.33. The van der Waals surface area contributed by atoms with Crippen LogP contribution >= 0.6 is 0 Å². The molecule has 1 aromatic rings. The van der Waals surface area contributed by atoms with Crippen LogP contribution in [0.4, 0.5) is 0 Å². The van der Waals surface area contributed by atoms with Gasteiger partial charge in [0.25, 0.3) is 0 Å². The number of nitrogens with one attached hydrogen (secondary N) is 1. The van der Waals surface area contributed by atoms with Gasteiger partial charge in [-0.25, -0.2) is 0 Å². The van der Waals surface area contributed by atoms with Crippen LogP contribution in [0.3, 0.4) is 0 Å². The monoisotopic (exact) mass is 250 g/mol. The minimum absolute atomic E-state index is 0.144. The van der Waals surface area contributed by atoms with Crippen molar-refractivity contribution in [1.82, 2.24) is 5.32 Å². The van der Waals surface area contributed by atoms with E-state index in [4.69, 9.17) is 10.5 Å². The van der Waals surface area contributed by atoms with E-state index < -0.39 is 0 Å². The second-order valence-corrected chi connectivity index (χ2v) is 5.42. The first-order valence-electron chi connectivity index (χ1n) is 6.61. The van der Waals surface area contributed by atoms with Crippen molar-refractivity contribution in [3.63, 3.8) is 0 Å². The summed E-state index contributed by atoms with van der Waals surface area (Å²) in [5, 5.41) is 3.38. The third kappa shape index (κ3) is 5.07. The molecular weight excluding hydrogens is 224 g/mol. The summed E-state index contributed by atoms with van der Waals surface area (Å²) in [6, 6.07) is 6.42. The normalized spacial score (nSPS) is 11.6. The summed E-state index contributed by atoms with van der Waals surface area (Å²) in [5.74, 6) is 0.984. The Morgan fingerprint density at radius 3 is 2.61 bits per heavy atom. The highest BCUT2D eigenvalue weighted by Gasteiger charge is 2.09. The lowest BCUT2D eigenvalue weighted by molar-refractivity contribution is 0.410. The average Bonchev–Trinajstić information content (AvgIpc) is 2.33. The summed E-state index contributed by atoms with van der Waals surface area (Å²) in [6.07, 6.45) is 2.02. The van der Waals surface area contributed by atoms with Gasteiger partial charge in [0.15, 0.2) is 0 Å². The van der Waals surface area contributed by atoms with Gasteiger partial charge in [-0.05, 0) is 50.4 Å². The lowest BCUT2D eigenvalue weighted by atomic mass is 10.0. The van der Waals surface area contributed by atoms with Gasteiger partial charge in [0, 0.05) is 12.1 Å². The molecule has 0 saturated heterocycles. The Balaban J connectivity index is 2.48. The lowest BCUT2D eigenvalue weighted by Gasteiger charge is -2.19. The zero-order valence-electron chi connectivity index (χ0n) is 12.0. The first-order chi connectivity index (χ1) is 8.46. The predicted octanol–water partition coefficient (Wildman–Crippen LogP) is 2.13. The van der Waals surface area contributed by atoms with Crippen LogP contribution < -0.4 is 15.8 Å². The van der Waals surface area contributed by atoms with E-state index in [2.05, 4.69) is 30.4 Å². The molecule has 0 aliphatic heterocycles. The van der Waals surface area contributed by atoms with Crippen molar-refractivity contribution in [2.45, 2.75) is 39.2 Å². The molecular formula is C15H26N2O. The van der Waals surface area contributed by atoms with Gasteiger partial charge in [-0.2, -0.15) is 0 Å². The topological polar surface area (TPSA) is 47.3 Å². The smallest absolute Gasteiger partial charge is 0.122 e. The largest absolute Gasteiger partial charge is 0.496 e. The van der Waals surface area contributed by atoms with Crippen LogP contribution in [0.1, 0.15) is 31.9 Å². The van der Waals surface area contributed by atoms with Crippen molar-refractivity contribution in [2.75, 3.05) is 20.2 Å². The van der Waals surface area contributed by atoms with Crippen LogP contribution in [-0.2, 0) is 12.8 Å². The molecule has 1 aromatic carbocycles. The van der Waals surface area contributed by atoms with Crippen molar-refractivity contribution in [2.24, 2.45) is 5.73 Å². The molecule has 0 amide bonds. The summed E-state index contributed by atoms with van der Waals surface area (Å²) >= 11 is 0. The van der Waals surface area contributed by atoms with Crippen molar-refractivity contribution < 1.29 is 4.74 Å².